The van der Waals surface area contributed by atoms with E-state index in [-0.39, 0.29) is 12.7 Å². The maximum absolute atomic E-state index is 8.96. The van der Waals surface area contributed by atoms with Gasteiger partial charge in [-0.3, -0.25) is 0 Å². The Labute approximate surface area is 161 Å². The SMILES string of the molecule is CCCCCCCCCCCCSCCCCCOCC(CO)OC. The van der Waals surface area contributed by atoms with E-state index < -0.39 is 0 Å². The molecule has 0 aliphatic heterocycles. The summed E-state index contributed by atoms with van der Waals surface area (Å²) in [5, 5.41) is 8.96. The molecule has 152 valence electrons. The van der Waals surface area contributed by atoms with Gasteiger partial charge in [-0.15, -0.1) is 0 Å². The molecule has 0 rings (SSSR count). The minimum Gasteiger partial charge on any atom is -0.394 e. The number of hydrogen-bond acceptors (Lipinski definition) is 4. The van der Waals surface area contributed by atoms with Crippen LogP contribution >= 0.6 is 11.8 Å². The van der Waals surface area contributed by atoms with Crippen LogP contribution < -0.4 is 0 Å². The summed E-state index contributed by atoms with van der Waals surface area (Å²) in [6.45, 7) is 3.60. The van der Waals surface area contributed by atoms with Gasteiger partial charge in [0.2, 0.25) is 0 Å². The van der Waals surface area contributed by atoms with Crippen molar-refractivity contribution in [1.82, 2.24) is 0 Å². The van der Waals surface area contributed by atoms with E-state index in [2.05, 4.69) is 18.7 Å². The normalized spacial score (nSPS) is 12.6. The number of hydrogen-bond donors (Lipinski definition) is 1. The topological polar surface area (TPSA) is 38.7 Å². The second-order valence-electron chi connectivity index (χ2n) is 6.97. The molecular formula is C21H44O3S. The molecule has 1 unspecified atom stereocenters. The van der Waals surface area contributed by atoms with Crippen molar-refractivity contribution in [1.29, 1.82) is 0 Å². The molecule has 0 aromatic heterocycles. The Balaban J connectivity index is 3.03. The molecule has 4 heteroatoms. The zero-order valence-corrected chi connectivity index (χ0v) is 17.8. The van der Waals surface area contributed by atoms with Gasteiger partial charge in [0, 0.05) is 13.7 Å². The first kappa shape index (κ1) is 25.2. The van der Waals surface area contributed by atoms with Gasteiger partial charge in [0.15, 0.2) is 0 Å². The summed E-state index contributed by atoms with van der Waals surface area (Å²) in [7, 11) is 1.61. The summed E-state index contributed by atoms with van der Waals surface area (Å²) in [6, 6.07) is 0. The predicted molar refractivity (Wildman–Crippen MR) is 112 cm³/mol. The standard InChI is InChI=1S/C21H44O3S/c1-3-4-5-6-7-8-9-10-11-14-17-25-18-15-12-13-16-24-20-21(19-22)23-2/h21-22H,3-20H2,1-2H3. The summed E-state index contributed by atoms with van der Waals surface area (Å²) in [6.07, 6.45) is 17.7. The van der Waals surface area contributed by atoms with Crippen molar-refractivity contribution < 1.29 is 14.6 Å². The van der Waals surface area contributed by atoms with Crippen LogP contribution in [0.4, 0.5) is 0 Å². The molecule has 0 aromatic rings. The Kier molecular flexibility index (Phi) is 22.5. The zero-order valence-electron chi connectivity index (χ0n) is 17.0. The minimum absolute atomic E-state index is 0.0338. The maximum atomic E-state index is 8.96. The van der Waals surface area contributed by atoms with Crippen molar-refractivity contribution >= 4 is 11.8 Å². The Morgan fingerprint density at radius 2 is 1.28 bits per heavy atom. The van der Waals surface area contributed by atoms with Crippen LogP contribution in [0.5, 0.6) is 0 Å². The smallest absolute Gasteiger partial charge is 0.103 e. The molecule has 1 atom stereocenters. The van der Waals surface area contributed by atoms with Crippen LogP contribution in [0.1, 0.15) is 90.4 Å². The number of unbranched alkanes of at least 4 members (excludes halogenated alkanes) is 11. The second-order valence-corrected chi connectivity index (χ2v) is 8.19. The Morgan fingerprint density at radius 3 is 1.80 bits per heavy atom. The van der Waals surface area contributed by atoms with Gasteiger partial charge in [-0.05, 0) is 30.8 Å². The van der Waals surface area contributed by atoms with Gasteiger partial charge in [-0.25, -0.2) is 0 Å². The molecule has 0 saturated heterocycles. The molecular weight excluding hydrogens is 332 g/mol. The lowest BCUT2D eigenvalue weighted by Gasteiger charge is -2.12. The first-order chi connectivity index (χ1) is 12.3. The third kappa shape index (κ3) is 20.4. The number of methoxy groups -OCH3 is 1. The van der Waals surface area contributed by atoms with E-state index in [9.17, 15) is 0 Å². The highest BCUT2D eigenvalue weighted by molar-refractivity contribution is 7.99. The molecule has 0 aliphatic carbocycles. The highest BCUT2D eigenvalue weighted by Gasteiger charge is 2.04. The lowest BCUT2D eigenvalue weighted by molar-refractivity contribution is -0.0204. The Morgan fingerprint density at radius 1 is 0.760 bits per heavy atom. The van der Waals surface area contributed by atoms with Gasteiger partial charge in [0.25, 0.3) is 0 Å². The fourth-order valence-corrected chi connectivity index (χ4v) is 3.81. The fourth-order valence-electron chi connectivity index (χ4n) is 2.79. The molecule has 0 radical (unpaired) electrons. The van der Waals surface area contributed by atoms with E-state index in [0.717, 1.165) is 13.0 Å². The summed E-state index contributed by atoms with van der Waals surface area (Å²) in [5.74, 6) is 2.62. The predicted octanol–water partition coefficient (Wildman–Crippen LogP) is 5.83. The molecule has 25 heavy (non-hydrogen) atoms. The molecule has 0 bridgehead atoms. The van der Waals surface area contributed by atoms with E-state index in [1.807, 2.05) is 0 Å². The van der Waals surface area contributed by atoms with Crippen molar-refractivity contribution in [3.05, 3.63) is 0 Å². The first-order valence-electron chi connectivity index (χ1n) is 10.6. The summed E-state index contributed by atoms with van der Waals surface area (Å²) in [5.41, 5.74) is 0. The average molecular weight is 377 g/mol. The van der Waals surface area contributed by atoms with Crippen LogP contribution in [0.2, 0.25) is 0 Å². The summed E-state index contributed by atoms with van der Waals surface area (Å²) in [4.78, 5) is 0. The van der Waals surface area contributed by atoms with E-state index in [1.165, 1.54) is 88.6 Å². The van der Waals surface area contributed by atoms with Crippen LogP contribution in [0.25, 0.3) is 0 Å². The minimum atomic E-state index is -0.170. The molecule has 0 amide bonds. The van der Waals surface area contributed by atoms with Gasteiger partial charge in [-0.1, -0.05) is 71.1 Å². The number of aliphatic hydroxyl groups excluding tert-OH is 1. The highest BCUT2D eigenvalue weighted by atomic mass is 32.2. The van der Waals surface area contributed by atoms with Crippen LogP contribution in [0.3, 0.4) is 0 Å². The molecule has 1 N–H and O–H groups in total. The van der Waals surface area contributed by atoms with Crippen LogP contribution in [0.15, 0.2) is 0 Å². The van der Waals surface area contributed by atoms with E-state index in [1.54, 1.807) is 7.11 Å². The fraction of sp³-hybridized carbons (Fsp3) is 1.00. The van der Waals surface area contributed by atoms with Crippen molar-refractivity contribution in [3.8, 4) is 0 Å². The Bertz CT molecular complexity index is 235. The zero-order chi connectivity index (χ0) is 18.4. The van der Waals surface area contributed by atoms with E-state index in [4.69, 9.17) is 14.6 Å². The lowest BCUT2D eigenvalue weighted by Crippen LogP contribution is -2.22. The number of thioether (sulfide) groups is 1. The van der Waals surface area contributed by atoms with Gasteiger partial charge < -0.3 is 14.6 Å². The quantitative estimate of drug-likeness (QED) is 0.256. The van der Waals surface area contributed by atoms with Crippen molar-refractivity contribution in [2.75, 3.05) is 38.4 Å². The largest absolute Gasteiger partial charge is 0.394 e. The molecule has 0 aliphatic rings. The average Bonchev–Trinajstić information content (AvgIpc) is 2.64. The van der Waals surface area contributed by atoms with Crippen LogP contribution in [-0.2, 0) is 9.47 Å². The monoisotopic (exact) mass is 376 g/mol. The third-order valence-corrected chi connectivity index (χ3v) is 5.71. The molecule has 0 fully saturated rings. The second kappa shape index (κ2) is 22.3. The number of rotatable bonds is 21. The van der Waals surface area contributed by atoms with Gasteiger partial charge >= 0.3 is 0 Å². The van der Waals surface area contributed by atoms with E-state index in [0.29, 0.717) is 6.61 Å². The third-order valence-electron chi connectivity index (χ3n) is 4.56. The van der Waals surface area contributed by atoms with Gasteiger partial charge in [0.05, 0.1) is 13.2 Å². The molecule has 0 heterocycles. The molecule has 3 nitrogen and oxygen atoms in total. The first-order valence-corrected chi connectivity index (χ1v) is 11.8. The van der Waals surface area contributed by atoms with Crippen molar-refractivity contribution in [2.45, 2.75) is 96.5 Å². The molecule has 0 spiro atoms. The van der Waals surface area contributed by atoms with Crippen LogP contribution in [0, 0.1) is 0 Å². The van der Waals surface area contributed by atoms with Crippen LogP contribution in [-0.4, -0.2) is 49.6 Å². The van der Waals surface area contributed by atoms with E-state index >= 15 is 0 Å². The maximum Gasteiger partial charge on any atom is 0.103 e. The summed E-state index contributed by atoms with van der Waals surface area (Å²) >= 11 is 2.11. The van der Waals surface area contributed by atoms with Gasteiger partial charge in [0.1, 0.15) is 6.10 Å². The highest BCUT2D eigenvalue weighted by Crippen LogP contribution is 2.13. The number of aliphatic hydroxyl groups is 1. The summed E-state index contributed by atoms with van der Waals surface area (Å²) < 4.78 is 10.6. The Hall–Kier alpha value is 0.230. The van der Waals surface area contributed by atoms with Gasteiger partial charge in [-0.2, -0.15) is 11.8 Å². The number of ether oxygens (including phenoxy) is 2. The lowest BCUT2D eigenvalue weighted by atomic mass is 10.1. The van der Waals surface area contributed by atoms with Crippen molar-refractivity contribution in [3.63, 3.8) is 0 Å². The van der Waals surface area contributed by atoms with Crippen molar-refractivity contribution in [2.24, 2.45) is 0 Å². The molecule has 0 saturated carbocycles. The molecule has 0 aromatic carbocycles.